The molecule has 1 aromatic carbocycles. The van der Waals surface area contributed by atoms with Crippen LogP contribution in [-0.4, -0.2) is 69.6 Å². The molecule has 28 heavy (non-hydrogen) atoms. The average Bonchev–Trinajstić information content (AvgIpc) is 3.10. The highest BCUT2D eigenvalue weighted by Gasteiger charge is 2.43. The van der Waals surface area contributed by atoms with Gasteiger partial charge < -0.3 is 24.5 Å². The number of benzene rings is 1. The molecule has 1 unspecified atom stereocenters. The molecule has 0 aliphatic carbocycles. The number of ether oxygens (including phenoxy) is 2. The summed E-state index contributed by atoms with van der Waals surface area (Å²) in [7, 11) is 5.76. The Morgan fingerprint density at radius 3 is 2.54 bits per heavy atom. The van der Waals surface area contributed by atoms with Crippen LogP contribution in [0.5, 0.6) is 5.75 Å². The minimum Gasteiger partial charge on any atom is -0.497 e. The van der Waals surface area contributed by atoms with Crippen molar-refractivity contribution in [3.63, 3.8) is 0 Å². The van der Waals surface area contributed by atoms with Crippen LogP contribution in [0.1, 0.15) is 31.7 Å². The van der Waals surface area contributed by atoms with Crippen molar-refractivity contribution < 1.29 is 19.1 Å². The molecule has 1 amide bonds. The third-order valence-electron chi connectivity index (χ3n) is 5.59. The number of rotatable bonds is 7. The zero-order valence-corrected chi connectivity index (χ0v) is 17.3. The molecule has 0 radical (unpaired) electrons. The molecule has 2 heterocycles. The summed E-state index contributed by atoms with van der Waals surface area (Å²) in [5.41, 5.74) is 0.756. The van der Waals surface area contributed by atoms with Gasteiger partial charge in [-0.2, -0.15) is 0 Å². The van der Waals surface area contributed by atoms with Gasteiger partial charge in [-0.3, -0.25) is 4.79 Å². The normalized spacial score (nSPS) is 23.8. The lowest BCUT2D eigenvalue weighted by atomic mass is 9.79. The van der Waals surface area contributed by atoms with Gasteiger partial charge in [-0.05, 0) is 63.7 Å². The number of methoxy groups -OCH3 is 1. The predicted molar refractivity (Wildman–Crippen MR) is 108 cm³/mol. The summed E-state index contributed by atoms with van der Waals surface area (Å²) in [6.45, 7) is 4.81. The number of hydrogen-bond donors (Lipinski definition) is 1. The topological polar surface area (TPSA) is 72.4 Å². The molecule has 1 atom stereocenters. The van der Waals surface area contributed by atoms with E-state index in [-0.39, 0.29) is 11.3 Å². The maximum absolute atomic E-state index is 12.9. The molecule has 0 saturated carbocycles. The molecule has 154 valence electrons. The van der Waals surface area contributed by atoms with Gasteiger partial charge in [-0.1, -0.05) is 5.16 Å². The predicted octanol–water partition coefficient (Wildman–Crippen LogP) is 2.05. The van der Waals surface area contributed by atoms with Gasteiger partial charge in [0.1, 0.15) is 5.75 Å². The van der Waals surface area contributed by atoms with Crippen LogP contribution in [0, 0.1) is 5.41 Å². The second-order valence-corrected chi connectivity index (χ2v) is 8.30. The van der Waals surface area contributed by atoms with Gasteiger partial charge >= 0.3 is 0 Å². The monoisotopic (exact) mass is 389 g/mol. The van der Waals surface area contributed by atoms with E-state index in [9.17, 15) is 4.79 Å². The van der Waals surface area contributed by atoms with E-state index in [1.54, 1.807) is 14.0 Å². The number of nitrogens with one attached hydrogen (secondary N) is 1. The smallest absolute Gasteiger partial charge is 0.267 e. The summed E-state index contributed by atoms with van der Waals surface area (Å²) in [6, 6.07) is 7.62. The van der Waals surface area contributed by atoms with E-state index < -0.39 is 5.60 Å². The lowest BCUT2D eigenvalue weighted by Gasteiger charge is -2.39. The van der Waals surface area contributed by atoms with Crippen molar-refractivity contribution >= 4 is 11.6 Å². The van der Waals surface area contributed by atoms with Crippen LogP contribution in [-0.2, 0) is 14.4 Å². The number of oxime groups is 1. The van der Waals surface area contributed by atoms with Crippen LogP contribution in [0.3, 0.4) is 0 Å². The highest BCUT2D eigenvalue weighted by molar-refractivity contribution is 6.05. The first-order valence-corrected chi connectivity index (χ1v) is 9.76. The summed E-state index contributed by atoms with van der Waals surface area (Å²) in [5, 5.41) is 7.31. The van der Waals surface area contributed by atoms with E-state index in [0.29, 0.717) is 13.0 Å². The van der Waals surface area contributed by atoms with E-state index in [1.807, 2.05) is 24.3 Å². The molecule has 7 heteroatoms. The van der Waals surface area contributed by atoms with Crippen molar-refractivity contribution in [2.45, 2.75) is 31.8 Å². The largest absolute Gasteiger partial charge is 0.497 e. The Morgan fingerprint density at radius 2 is 1.93 bits per heavy atom. The van der Waals surface area contributed by atoms with Gasteiger partial charge in [0, 0.05) is 38.1 Å². The minimum atomic E-state index is -0.986. The molecule has 1 fully saturated rings. The fourth-order valence-electron chi connectivity index (χ4n) is 3.92. The number of carbonyl (C=O) groups excluding carboxylic acids is 1. The summed E-state index contributed by atoms with van der Waals surface area (Å²) < 4.78 is 10.7. The van der Waals surface area contributed by atoms with Gasteiger partial charge in [0.05, 0.1) is 12.8 Å². The van der Waals surface area contributed by atoms with Gasteiger partial charge in [0.2, 0.25) is 5.60 Å². The van der Waals surface area contributed by atoms with E-state index >= 15 is 0 Å². The zero-order valence-electron chi connectivity index (χ0n) is 17.3. The summed E-state index contributed by atoms with van der Waals surface area (Å²) >= 11 is 0. The second-order valence-electron chi connectivity index (χ2n) is 8.30. The number of carbonyl (C=O) groups is 1. The van der Waals surface area contributed by atoms with Crippen molar-refractivity contribution in [3.8, 4) is 5.75 Å². The molecule has 0 bridgehead atoms. The molecular formula is C21H31N3O4. The Kier molecular flexibility index (Phi) is 6.25. The fourth-order valence-corrected chi connectivity index (χ4v) is 3.92. The molecule has 0 spiro atoms. The minimum absolute atomic E-state index is 0.0338. The molecule has 3 rings (SSSR count). The first-order valence-electron chi connectivity index (χ1n) is 9.76. The number of nitrogens with zero attached hydrogens (tertiary/aromatic N) is 2. The Bertz CT molecular complexity index is 711. The third kappa shape index (κ3) is 4.64. The molecule has 1 saturated heterocycles. The SMILES string of the molecule is COc1ccc(C2=NOC(C)(C(=O)NCC3(CN(C)C)CCOCC3)C2)cc1. The average molecular weight is 389 g/mol. The van der Waals surface area contributed by atoms with E-state index in [0.717, 1.165) is 49.6 Å². The number of hydrogen-bond acceptors (Lipinski definition) is 6. The van der Waals surface area contributed by atoms with Gasteiger partial charge in [-0.15, -0.1) is 0 Å². The standard InChI is InChI=1S/C21H31N3O4/c1-20(13-18(23-28-20)16-5-7-17(26-4)8-6-16)19(25)22-14-21(15-24(2)3)9-11-27-12-10-21/h5-8H,9-15H2,1-4H3,(H,22,25). The third-order valence-corrected chi connectivity index (χ3v) is 5.59. The quantitative estimate of drug-likeness (QED) is 0.773. The molecule has 0 aromatic heterocycles. The van der Waals surface area contributed by atoms with Crippen LogP contribution < -0.4 is 10.1 Å². The van der Waals surface area contributed by atoms with Crippen molar-refractivity contribution in [2.24, 2.45) is 10.6 Å². The van der Waals surface area contributed by atoms with Crippen LogP contribution in [0.25, 0.3) is 0 Å². The molecule has 1 aromatic rings. The maximum Gasteiger partial charge on any atom is 0.267 e. The van der Waals surface area contributed by atoms with Crippen LogP contribution in [0.15, 0.2) is 29.4 Å². The number of amides is 1. The maximum atomic E-state index is 12.9. The summed E-state index contributed by atoms with van der Waals surface area (Å²) in [4.78, 5) is 20.7. The summed E-state index contributed by atoms with van der Waals surface area (Å²) in [5.74, 6) is 0.663. The fraction of sp³-hybridized carbons (Fsp3) is 0.619. The van der Waals surface area contributed by atoms with E-state index in [4.69, 9.17) is 14.3 Å². The molecule has 7 nitrogen and oxygen atoms in total. The second kappa shape index (κ2) is 8.49. The Morgan fingerprint density at radius 1 is 1.25 bits per heavy atom. The highest BCUT2D eigenvalue weighted by Crippen LogP contribution is 2.32. The van der Waals surface area contributed by atoms with Crippen molar-refractivity contribution in [3.05, 3.63) is 29.8 Å². The van der Waals surface area contributed by atoms with Gasteiger partial charge in [0.25, 0.3) is 5.91 Å². The first-order chi connectivity index (χ1) is 13.4. The van der Waals surface area contributed by atoms with Crippen molar-refractivity contribution in [2.75, 3.05) is 47.5 Å². The van der Waals surface area contributed by atoms with Gasteiger partial charge in [-0.25, -0.2) is 0 Å². The van der Waals surface area contributed by atoms with Crippen LogP contribution >= 0.6 is 0 Å². The van der Waals surface area contributed by atoms with E-state index in [1.165, 1.54) is 0 Å². The summed E-state index contributed by atoms with van der Waals surface area (Å²) in [6.07, 6.45) is 2.32. The Hall–Kier alpha value is -2.12. The molecule has 2 aliphatic rings. The molecule has 2 aliphatic heterocycles. The molecule has 1 N–H and O–H groups in total. The Labute approximate surface area is 167 Å². The van der Waals surface area contributed by atoms with E-state index in [2.05, 4.69) is 29.5 Å². The lowest BCUT2D eigenvalue weighted by molar-refractivity contribution is -0.142. The van der Waals surface area contributed by atoms with Crippen LogP contribution in [0.2, 0.25) is 0 Å². The molecular weight excluding hydrogens is 358 g/mol. The first kappa shape index (κ1) is 20.6. The van der Waals surface area contributed by atoms with Crippen molar-refractivity contribution in [1.82, 2.24) is 10.2 Å². The van der Waals surface area contributed by atoms with Crippen molar-refractivity contribution in [1.29, 1.82) is 0 Å². The highest BCUT2D eigenvalue weighted by atomic mass is 16.7. The van der Waals surface area contributed by atoms with Gasteiger partial charge in [0.15, 0.2) is 0 Å². The van der Waals surface area contributed by atoms with Crippen LogP contribution in [0.4, 0.5) is 0 Å². The Balaban J connectivity index is 1.60. The zero-order chi connectivity index (χ0) is 20.2. The lowest BCUT2D eigenvalue weighted by Crippen LogP contribution is -2.52.